The van der Waals surface area contributed by atoms with E-state index in [0.29, 0.717) is 47.0 Å². The van der Waals surface area contributed by atoms with E-state index in [2.05, 4.69) is 15.3 Å². The van der Waals surface area contributed by atoms with E-state index in [-0.39, 0.29) is 17.1 Å². The van der Waals surface area contributed by atoms with Crippen LogP contribution in [0.25, 0.3) is 22.2 Å². The second kappa shape index (κ2) is 9.38. The van der Waals surface area contributed by atoms with Crippen molar-refractivity contribution in [3.05, 3.63) is 65.4 Å². The Kier molecular flexibility index (Phi) is 6.36. The lowest BCUT2D eigenvalue weighted by Gasteiger charge is -2.13. The molecule has 0 aliphatic heterocycles. The molecule has 2 aromatic carbocycles. The minimum atomic E-state index is -1.05. The second-order valence-electron chi connectivity index (χ2n) is 7.84. The fraction of sp³-hybridized carbons (Fsp3) is 0.240. The zero-order valence-corrected chi connectivity index (χ0v) is 19.3. The zero-order chi connectivity index (χ0) is 24.4. The third kappa shape index (κ3) is 4.24. The molecule has 0 aliphatic rings. The van der Waals surface area contributed by atoms with Gasteiger partial charge in [-0.05, 0) is 49.7 Å². The van der Waals surface area contributed by atoms with Crippen LogP contribution in [0.2, 0.25) is 0 Å². The molecule has 2 aromatic heterocycles. The van der Waals surface area contributed by atoms with Crippen LogP contribution in [0, 0.1) is 19.7 Å². The smallest absolute Gasteiger partial charge is 0.339 e. The van der Waals surface area contributed by atoms with Gasteiger partial charge in [0.15, 0.2) is 0 Å². The molecule has 0 radical (unpaired) electrons. The Labute approximate surface area is 196 Å². The number of nitrogens with one attached hydrogen (secondary N) is 1. The van der Waals surface area contributed by atoms with E-state index in [1.807, 2.05) is 17.6 Å². The highest BCUT2D eigenvalue weighted by molar-refractivity contribution is 5.93. The molecule has 8 nitrogen and oxygen atoms in total. The van der Waals surface area contributed by atoms with Crippen LogP contribution in [0.4, 0.5) is 10.2 Å². The average Bonchev–Trinajstić information content (AvgIpc) is 3.15. The Balaban J connectivity index is 1.56. The van der Waals surface area contributed by atoms with Gasteiger partial charge in [0.1, 0.15) is 35.0 Å². The van der Waals surface area contributed by atoms with E-state index in [1.54, 1.807) is 38.3 Å². The molecule has 0 saturated carbocycles. The molecule has 2 heterocycles. The number of ether oxygens (including phenoxy) is 2. The van der Waals surface area contributed by atoms with Crippen molar-refractivity contribution in [1.29, 1.82) is 0 Å². The summed E-state index contributed by atoms with van der Waals surface area (Å²) in [5, 5.41) is 13.4. The van der Waals surface area contributed by atoms with Crippen LogP contribution in [0.5, 0.6) is 11.5 Å². The molecule has 0 unspecified atom stereocenters. The molecule has 0 spiro atoms. The third-order valence-corrected chi connectivity index (χ3v) is 5.73. The van der Waals surface area contributed by atoms with Crippen molar-refractivity contribution in [1.82, 2.24) is 14.5 Å². The molecule has 4 rings (SSSR count). The quantitative estimate of drug-likeness (QED) is 0.391. The number of carboxylic acids is 1. The molecule has 2 N–H and O–H groups in total. The summed E-state index contributed by atoms with van der Waals surface area (Å²) in [5.74, 6) is 0.139. The van der Waals surface area contributed by atoms with Gasteiger partial charge in [-0.25, -0.2) is 19.2 Å². The molecule has 176 valence electrons. The molecule has 9 heteroatoms. The standard InChI is InChI=1S/C25H25FN4O4/c1-14-9-16(11-21(34-4)23(14)25(31)32)19-12-22(29-13-28-19)27-7-8-30-15(2)10-17-20(33-3)6-5-18(26)24(17)30/h5-6,9-13H,7-8H2,1-4H3,(H,31,32)(H,27,28,29). The predicted octanol–water partition coefficient (Wildman–Crippen LogP) is 4.68. The first-order valence-corrected chi connectivity index (χ1v) is 10.6. The number of aromatic carboxylic acids is 1. The number of aromatic nitrogens is 3. The number of hydrogen-bond acceptors (Lipinski definition) is 6. The summed E-state index contributed by atoms with van der Waals surface area (Å²) in [7, 11) is 3.00. The molecule has 0 atom stereocenters. The number of methoxy groups -OCH3 is 2. The van der Waals surface area contributed by atoms with Crippen LogP contribution < -0.4 is 14.8 Å². The van der Waals surface area contributed by atoms with Crippen molar-refractivity contribution in [3.63, 3.8) is 0 Å². The summed E-state index contributed by atoms with van der Waals surface area (Å²) in [6, 6.07) is 10.1. The van der Waals surface area contributed by atoms with Crippen molar-refractivity contribution in [3.8, 4) is 22.8 Å². The van der Waals surface area contributed by atoms with Crippen molar-refractivity contribution >= 4 is 22.7 Å². The molecule has 0 amide bonds. The van der Waals surface area contributed by atoms with Crippen molar-refractivity contribution < 1.29 is 23.8 Å². The Morgan fingerprint density at radius 3 is 2.56 bits per heavy atom. The molecule has 4 aromatic rings. The maximum Gasteiger partial charge on any atom is 0.339 e. The number of halogens is 1. The average molecular weight is 464 g/mol. The Morgan fingerprint density at radius 2 is 1.85 bits per heavy atom. The van der Waals surface area contributed by atoms with Gasteiger partial charge in [-0.15, -0.1) is 0 Å². The normalized spacial score (nSPS) is 11.0. The highest BCUT2D eigenvalue weighted by atomic mass is 19.1. The lowest BCUT2D eigenvalue weighted by atomic mass is 10.0. The second-order valence-corrected chi connectivity index (χ2v) is 7.84. The number of fused-ring (bicyclic) bond motifs is 1. The number of benzene rings is 2. The zero-order valence-electron chi connectivity index (χ0n) is 19.3. The highest BCUT2D eigenvalue weighted by Crippen LogP contribution is 2.32. The van der Waals surface area contributed by atoms with Crippen LogP contribution in [-0.2, 0) is 6.54 Å². The largest absolute Gasteiger partial charge is 0.496 e. The SMILES string of the molecule is COc1cc(-c2cc(NCCn3c(C)cc4c(OC)ccc(F)c43)ncn2)cc(C)c1C(=O)O. The monoisotopic (exact) mass is 464 g/mol. The van der Waals surface area contributed by atoms with E-state index in [1.165, 1.54) is 19.5 Å². The molecule has 0 fully saturated rings. The molecule has 0 bridgehead atoms. The predicted molar refractivity (Wildman–Crippen MR) is 127 cm³/mol. The van der Waals surface area contributed by atoms with Crippen molar-refractivity contribution in [2.24, 2.45) is 0 Å². The number of aryl methyl sites for hydroxylation is 2. The number of nitrogens with zero attached hydrogens (tertiary/aromatic N) is 3. The number of rotatable bonds is 8. The van der Waals surface area contributed by atoms with Crippen LogP contribution >= 0.6 is 0 Å². The van der Waals surface area contributed by atoms with Gasteiger partial charge in [-0.3, -0.25) is 0 Å². The van der Waals surface area contributed by atoms with Crippen LogP contribution in [0.15, 0.2) is 42.7 Å². The number of anilines is 1. The molecule has 0 aliphatic carbocycles. The van der Waals surface area contributed by atoms with Gasteiger partial charge in [-0.2, -0.15) is 0 Å². The van der Waals surface area contributed by atoms with E-state index in [0.717, 1.165) is 11.1 Å². The Hall–Kier alpha value is -4.14. The van der Waals surface area contributed by atoms with E-state index < -0.39 is 5.97 Å². The van der Waals surface area contributed by atoms with Gasteiger partial charge >= 0.3 is 5.97 Å². The minimum Gasteiger partial charge on any atom is -0.496 e. The van der Waals surface area contributed by atoms with Gasteiger partial charge in [0.05, 0.1) is 25.4 Å². The van der Waals surface area contributed by atoms with Crippen LogP contribution in [0.3, 0.4) is 0 Å². The molecular weight excluding hydrogens is 439 g/mol. The van der Waals surface area contributed by atoms with Crippen LogP contribution in [0.1, 0.15) is 21.6 Å². The number of hydrogen-bond donors (Lipinski definition) is 2. The Bertz CT molecular complexity index is 1380. The highest BCUT2D eigenvalue weighted by Gasteiger charge is 2.17. The molecule has 0 saturated heterocycles. The maximum atomic E-state index is 14.6. The summed E-state index contributed by atoms with van der Waals surface area (Å²) < 4.78 is 27.1. The fourth-order valence-corrected chi connectivity index (χ4v) is 4.15. The number of carboxylic acid groups (broad SMARTS) is 1. The van der Waals surface area contributed by atoms with Crippen molar-refractivity contribution in [2.45, 2.75) is 20.4 Å². The van der Waals surface area contributed by atoms with Gasteiger partial charge in [0.2, 0.25) is 0 Å². The van der Waals surface area contributed by atoms with E-state index in [4.69, 9.17) is 9.47 Å². The number of carbonyl (C=O) groups is 1. The minimum absolute atomic E-state index is 0.122. The summed E-state index contributed by atoms with van der Waals surface area (Å²) >= 11 is 0. The van der Waals surface area contributed by atoms with E-state index in [9.17, 15) is 14.3 Å². The van der Waals surface area contributed by atoms with Gasteiger partial charge < -0.3 is 24.5 Å². The Morgan fingerprint density at radius 1 is 1.09 bits per heavy atom. The summed E-state index contributed by atoms with van der Waals surface area (Å²) in [6.45, 7) is 4.66. The van der Waals surface area contributed by atoms with Gasteiger partial charge in [0, 0.05) is 35.8 Å². The summed E-state index contributed by atoms with van der Waals surface area (Å²) in [5.41, 5.74) is 3.45. The molecular formula is C25H25FN4O4. The first kappa shape index (κ1) is 23.0. The topological polar surface area (TPSA) is 98.5 Å². The summed E-state index contributed by atoms with van der Waals surface area (Å²) in [6.07, 6.45) is 1.44. The molecule has 34 heavy (non-hydrogen) atoms. The fourth-order valence-electron chi connectivity index (χ4n) is 4.15. The first-order valence-electron chi connectivity index (χ1n) is 10.6. The van der Waals surface area contributed by atoms with E-state index >= 15 is 0 Å². The van der Waals surface area contributed by atoms with Gasteiger partial charge in [0.25, 0.3) is 0 Å². The maximum absolute atomic E-state index is 14.6. The first-order chi connectivity index (χ1) is 16.3. The lowest BCUT2D eigenvalue weighted by Crippen LogP contribution is -2.13. The third-order valence-electron chi connectivity index (χ3n) is 5.73. The summed E-state index contributed by atoms with van der Waals surface area (Å²) in [4.78, 5) is 20.1. The van der Waals surface area contributed by atoms with Crippen molar-refractivity contribution in [2.75, 3.05) is 26.1 Å². The lowest BCUT2D eigenvalue weighted by molar-refractivity contribution is 0.0692. The van der Waals surface area contributed by atoms with Gasteiger partial charge in [-0.1, -0.05) is 0 Å². The van der Waals surface area contributed by atoms with Crippen LogP contribution in [-0.4, -0.2) is 46.4 Å².